The van der Waals surface area contributed by atoms with Crippen molar-refractivity contribution in [2.75, 3.05) is 20.3 Å². The molecule has 0 saturated heterocycles. The standard InChI is InChI=1S/C23H30O2.C22H26O2/c1-22-10-8-17-16-7-5-15(24-2)12-14(16)4-6-18(17)21(22)19-13-20(19)23(22)9-3-11-25-23;1-21-9-7-16-15-6-4-14(23)11-13(15)3-5-17(16)20(21)18-12-19(18)22(21)8-2-10-24-22/h3-4,9,12,16-21H,5-8,10-11,13H2,1-2H3;2-3,5,8,11,15-20H,4,6-7,9-10,12H2,1H3/t16-,17?,18?,19+,20-,21?,22-,23-;15-,16?,17?,18+,19-,20?,21-,22-/m00/s1. The van der Waals surface area contributed by atoms with E-state index in [9.17, 15) is 4.79 Å². The fourth-order valence-electron chi connectivity index (χ4n) is 15.9. The number of fused-ring (bicyclic) bond motifs is 18. The number of carbonyl (C=O) groups excluding carboxylic acids is 1. The van der Waals surface area contributed by atoms with Gasteiger partial charge in [0.25, 0.3) is 0 Å². The van der Waals surface area contributed by atoms with Crippen molar-refractivity contribution < 1.29 is 19.0 Å². The van der Waals surface area contributed by atoms with Gasteiger partial charge < -0.3 is 14.2 Å². The molecule has 16 atom stereocenters. The van der Waals surface area contributed by atoms with Crippen LogP contribution in [0.15, 0.2) is 71.6 Å². The van der Waals surface area contributed by atoms with Crippen LogP contribution in [0.3, 0.4) is 0 Å². The van der Waals surface area contributed by atoms with Gasteiger partial charge in [0.2, 0.25) is 0 Å². The molecule has 6 unspecified atom stereocenters. The second-order valence-corrected chi connectivity index (χ2v) is 19.1. The quantitative estimate of drug-likeness (QED) is 0.264. The zero-order valence-corrected chi connectivity index (χ0v) is 29.9. The fourth-order valence-corrected chi connectivity index (χ4v) is 15.9. The van der Waals surface area contributed by atoms with E-state index in [1.807, 2.05) is 13.2 Å². The van der Waals surface area contributed by atoms with E-state index in [1.165, 1.54) is 62.7 Å². The number of methoxy groups -OCH3 is 1. The van der Waals surface area contributed by atoms with Crippen molar-refractivity contribution >= 4 is 5.78 Å². The molecule has 49 heavy (non-hydrogen) atoms. The summed E-state index contributed by atoms with van der Waals surface area (Å²) in [5.74, 6) is 11.2. The van der Waals surface area contributed by atoms with Gasteiger partial charge in [0.1, 0.15) is 0 Å². The summed E-state index contributed by atoms with van der Waals surface area (Å²) in [6.07, 6.45) is 34.8. The van der Waals surface area contributed by atoms with Crippen molar-refractivity contribution in [1.82, 2.24) is 0 Å². The molecule has 0 radical (unpaired) electrons. The Labute approximate surface area is 293 Å². The first-order valence-electron chi connectivity index (χ1n) is 20.3. The number of hydrogen-bond acceptors (Lipinski definition) is 4. The number of ketones is 1. The molecule has 4 nitrogen and oxygen atoms in total. The molecule has 0 bridgehead atoms. The topological polar surface area (TPSA) is 44.8 Å². The largest absolute Gasteiger partial charge is 0.501 e. The minimum absolute atomic E-state index is 0.0415. The van der Waals surface area contributed by atoms with Crippen molar-refractivity contribution in [3.63, 3.8) is 0 Å². The van der Waals surface area contributed by atoms with Gasteiger partial charge in [-0.05, 0) is 152 Å². The van der Waals surface area contributed by atoms with Crippen LogP contribution in [0.2, 0.25) is 0 Å². The van der Waals surface area contributed by atoms with Crippen LogP contribution >= 0.6 is 0 Å². The summed E-state index contributed by atoms with van der Waals surface area (Å²) in [7, 11) is 1.82. The summed E-state index contributed by atoms with van der Waals surface area (Å²) < 4.78 is 18.5. The molecule has 0 aromatic rings. The molecular weight excluding hydrogens is 604 g/mol. The first-order chi connectivity index (χ1) is 23.8. The summed E-state index contributed by atoms with van der Waals surface area (Å²) in [6, 6.07) is 0. The van der Waals surface area contributed by atoms with Crippen LogP contribution in [0.25, 0.3) is 0 Å². The van der Waals surface area contributed by atoms with Crippen LogP contribution < -0.4 is 0 Å². The molecule has 10 aliphatic carbocycles. The minimum Gasteiger partial charge on any atom is -0.501 e. The first-order valence-corrected chi connectivity index (χ1v) is 20.3. The molecule has 260 valence electrons. The van der Waals surface area contributed by atoms with Gasteiger partial charge in [-0.1, -0.05) is 56.4 Å². The van der Waals surface area contributed by atoms with Crippen molar-refractivity contribution in [2.45, 2.75) is 95.7 Å². The van der Waals surface area contributed by atoms with Crippen LogP contribution in [-0.4, -0.2) is 37.3 Å². The number of hydrogen-bond donors (Lipinski definition) is 0. The zero-order valence-electron chi connectivity index (χ0n) is 29.9. The molecule has 2 heterocycles. The third kappa shape index (κ3) is 3.82. The number of rotatable bonds is 1. The molecule has 6 fully saturated rings. The van der Waals surface area contributed by atoms with E-state index >= 15 is 0 Å². The summed E-state index contributed by atoms with van der Waals surface area (Å²) in [5.41, 5.74) is 3.73. The van der Waals surface area contributed by atoms with Gasteiger partial charge in [-0.2, -0.15) is 0 Å². The Bertz CT molecular complexity index is 1660. The van der Waals surface area contributed by atoms with Crippen LogP contribution in [0, 0.1) is 81.8 Å². The van der Waals surface area contributed by atoms with Crippen molar-refractivity contribution in [3.05, 3.63) is 71.6 Å². The van der Waals surface area contributed by atoms with Gasteiger partial charge in [-0.25, -0.2) is 0 Å². The summed E-state index contributed by atoms with van der Waals surface area (Å²) in [4.78, 5) is 11.8. The number of allylic oxidation sites excluding steroid dienone is 8. The predicted molar refractivity (Wildman–Crippen MR) is 190 cm³/mol. The third-order valence-electron chi connectivity index (χ3n) is 17.8. The maximum atomic E-state index is 11.8. The smallest absolute Gasteiger partial charge is 0.155 e. The van der Waals surface area contributed by atoms with Gasteiger partial charge >= 0.3 is 0 Å². The maximum absolute atomic E-state index is 11.8. The Morgan fingerprint density at radius 1 is 0.735 bits per heavy atom. The normalized spacial score (nSPS) is 55.7. The average Bonchev–Trinajstić information content (AvgIpc) is 3.90. The molecule has 0 aromatic carbocycles. The second kappa shape index (κ2) is 10.2. The number of carbonyl (C=O) groups is 1. The minimum atomic E-state index is 0.0415. The fraction of sp³-hybridized carbons (Fsp3) is 0.711. The van der Waals surface area contributed by atoms with E-state index < -0.39 is 0 Å². The summed E-state index contributed by atoms with van der Waals surface area (Å²) in [6.45, 7) is 6.77. The monoisotopic (exact) mass is 660 g/mol. The molecule has 2 aliphatic heterocycles. The molecule has 0 amide bonds. The molecule has 12 aliphatic rings. The maximum Gasteiger partial charge on any atom is 0.155 e. The molecular formula is C45H56O4. The van der Waals surface area contributed by atoms with E-state index in [0.717, 1.165) is 91.7 Å². The van der Waals surface area contributed by atoms with E-state index in [-0.39, 0.29) is 11.2 Å². The average molecular weight is 661 g/mol. The molecule has 12 rings (SSSR count). The van der Waals surface area contributed by atoms with Gasteiger partial charge in [-0.3, -0.25) is 4.79 Å². The Hall–Kier alpha value is -2.17. The van der Waals surface area contributed by atoms with E-state index in [4.69, 9.17) is 14.2 Å². The van der Waals surface area contributed by atoms with E-state index in [1.54, 1.807) is 5.57 Å². The van der Waals surface area contributed by atoms with E-state index in [0.29, 0.717) is 28.4 Å². The summed E-state index contributed by atoms with van der Waals surface area (Å²) in [5, 5.41) is 0. The highest BCUT2D eigenvalue weighted by Gasteiger charge is 2.77. The zero-order chi connectivity index (χ0) is 32.9. The predicted octanol–water partition coefficient (Wildman–Crippen LogP) is 8.97. The first kappa shape index (κ1) is 30.5. The van der Waals surface area contributed by atoms with Crippen LogP contribution in [0.4, 0.5) is 0 Å². The molecule has 0 aromatic heterocycles. The van der Waals surface area contributed by atoms with Crippen LogP contribution in [0.5, 0.6) is 0 Å². The third-order valence-corrected chi connectivity index (χ3v) is 17.8. The molecule has 6 saturated carbocycles. The van der Waals surface area contributed by atoms with Crippen molar-refractivity contribution in [2.24, 2.45) is 81.8 Å². The van der Waals surface area contributed by atoms with Crippen LogP contribution in [-0.2, 0) is 19.0 Å². The Kier molecular flexibility index (Phi) is 6.37. The van der Waals surface area contributed by atoms with Gasteiger partial charge in [0, 0.05) is 23.7 Å². The lowest BCUT2D eigenvalue weighted by Crippen LogP contribution is -2.54. The van der Waals surface area contributed by atoms with Crippen molar-refractivity contribution in [1.29, 1.82) is 0 Å². The lowest BCUT2D eigenvalue weighted by atomic mass is 9.50. The Balaban J connectivity index is 0.000000118. The van der Waals surface area contributed by atoms with Gasteiger partial charge in [0.05, 0.1) is 37.3 Å². The Morgan fingerprint density at radius 2 is 1.39 bits per heavy atom. The molecule has 0 N–H and O–H groups in total. The van der Waals surface area contributed by atoms with Gasteiger partial charge in [-0.15, -0.1) is 0 Å². The lowest BCUT2D eigenvalue weighted by Gasteiger charge is -2.56. The Morgan fingerprint density at radius 3 is 2.08 bits per heavy atom. The highest BCUT2D eigenvalue weighted by atomic mass is 16.5. The highest BCUT2D eigenvalue weighted by molar-refractivity contribution is 5.92. The molecule has 4 heteroatoms. The highest BCUT2D eigenvalue weighted by Crippen LogP contribution is 2.78. The van der Waals surface area contributed by atoms with E-state index in [2.05, 4.69) is 62.5 Å². The summed E-state index contributed by atoms with van der Waals surface area (Å²) >= 11 is 0. The second-order valence-electron chi connectivity index (χ2n) is 19.1. The van der Waals surface area contributed by atoms with Gasteiger partial charge in [0.15, 0.2) is 5.78 Å². The number of ether oxygens (including phenoxy) is 3. The lowest BCUT2D eigenvalue weighted by molar-refractivity contribution is -0.127. The SMILES string of the molecule is COC1=CC2=CCC3C(CC[C@@]4(C)C3[C@@H]3C[C@@H]3[C@@]43C=CCO3)[C@H]2CC1.C[C@]12CCC3C(C=CC4=CC(=O)CC[C@@H]43)C1[C@@H]1C[C@@H]1[C@@]21C=CCO1. The van der Waals surface area contributed by atoms with Crippen molar-refractivity contribution in [3.8, 4) is 0 Å². The molecule has 2 spiro atoms. The van der Waals surface area contributed by atoms with Crippen LogP contribution in [0.1, 0.15) is 84.5 Å².